The molecule has 1 heterocycles. The van der Waals surface area contributed by atoms with Crippen LogP contribution in [0.1, 0.15) is 6.92 Å². The van der Waals surface area contributed by atoms with Gasteiger partial charge in [0.2, 0.25) is 0 Å². The van der Waals surface area contributed by atoms with Crippen molar-refractivity contribution in [2.24, 2.45) is 0 Å². The summed E-state index contributed by atoms with van der Waals surface area (Å²) in [5.74, 6) is 0.826. The zero-order valence-electron chi connectivity index (χ0n) is 14.2. The number of thiocarbonyl (C=S) groups is 1. The van der Waals surface area contributed by atoms with Crippen molar-refractivity contribution < 1.29 is 4.74 Å². The fourth-order valence-corrected chi connectivity index (χ4v) is 3.28. The first-order valence-corrected chi connectivity index (χ1v) is 9.24. The molecule has 6 heteroatoms. The standard InChI is InChI=1S/C19H22ClN3OS/c1-2-24-18-6-4-3-5-17(18)21-19(25)23-13-11-22(12-14-23)16-9-7-15(20)8-10-16/h3-10H,2,11-14H2,1H3,(H,21,25). The first kappa shape index (κ1) is 17.8. The van der Waals surface area contributed by atoms with Gasteiger partial charge in [-0.3, -0.25) is 0 Å². The molecule has 1 aliphatic rings. The molecule has 1 aliphatic heterocycles. The Morgan fingerprint density at radius 1 is 1.08 bits per heavy atom. The number of para-hydroxylation sites is 2. The summed E-state index contributed by atoms with van der Waals surface area (Å²) in [7, 11) is 0. The first-order valence-electron chi connectivity index (χ1n) is 8.45. The van der Waals surface area contributed by atoms with E-state index in [0.29, 0.717) is 6.61 Å². The van der Waals surface area contributed by atoms with Crippen LogP contribution in [0.5, 0.6) is 5.75 Å². The number of ether oxygens (including phenoxy) is 1. The van der Waals surface area contributed by atoms with Gasteiger partial charge >= 0.3 is 0 Å². The zero-order chi connectivity index (χ0) is 17.6. The van der Waals surface area contributed by atoms with E-state index >= 15 is 0 Å². The molecule has 1 saturated heterocycles. The molecule has 0 radical (unpaired) electrons. The van der Waals surface area contributed by atoms with Crippen molar-refractivity contribution in [1.82, 2.24) is 4.90 Å². The Hall–Kier alpha value is -1.98. The highest BCUT2D eigenvalue weighted by atomic mass is 35.5. The fraction of sp³-hybridized carbons (Fsp3) is 0.316. The number of piperazine rings is 1. The van der Waals surface area contributed by atoms with Gasteiger partial charge in [-0.25, -0.2) is 0 Å². The number of anilines is 2. The van der Waals surface area contributed by atoms with Gasteiger partial charge in [-0.15, -0.1) is 0 Å². The molecule has 25 heavy (non-hydrogen) atoms. The highest BCUT2D eigenvalue weighted by molar-refractivity contribution is 7.80. The van der Waals surface area contributed by atoms with E-state index in [4.69, 9.17) is 28.6 Å². The van der Waals surface area contributed by atoms with Crippen LogP contribution in [0.3, 0.4) is 0 Å². The van der Waals surface area contributed by atoms with E-state index in [0.717, 1.165) is 47.8 Å². The molecule has 0 amide bonds. The van der Waals surface area contributed by atoms with E-state index in [1.807, 2.05) is 43.3 Å². The maximum Gasteiger partial charge on any atom is 0.173 e. The predicted octanol–water partition coefficient (Wildman–Crippen LogP) is 4.26. The largest absolute Gasteiger partial charge is 0.492 e. The topological polar surface area (TPSA) is 27.7 Å². The van der Waals surface area contributed by atoms with Crippen molar-refractivity contribution in [2.75, 3.05) is 43.0 Å². The van der Waals surface area contributed by atoms with Gasteiger partial charge < -0.3 is 19.9 Å². The zero-order valence-corrected chi connectivity index (χ0v) is 15.8. The van der Waals surface area contributed by atoms with Crippen molar-refractivity contribution in [3.8, 4) is 5.75 Å². The SMILES string of the molecule is CCOc1ccccc1NC(=S)N1CCN(c2ccc(Cl)cc2)CC1. The molecule has 0 aliphatic carbocycles. The van der Waals surface area contributed by atoms with Crippen molar-refractivity contribution in [3.63, 3.8) is 0 Å². The van der Waals surface area contributed by atoms with Gasteiger partial charge in [-0.05, 0) is 55.5 Å². The molecule has 2 aromatic rings. The molecule has 0 spiro atoms. The monoisotopic (exact) mass is 375 g/mol. The number of hydrogen-bond acceptors (Lipinski definition) is 3. The maximum absolute atomic E-state index is 5.97. The summed E-state index contributed by atoms with van der Waals surface area (Å²) in [6.07, 6.45) is 0. The second-order valence-electron chi connectivity index (χ2n) is 5.81. The predicted molar refractivity (Wildman–Crippen MR) is 109 cm³/mol. The molecule has 0 bridgehead atoms. The van der Waals surface area contributed by atoms with Crippen LogP contribution in [-0.2, 0) is 0 Å². The number of benzene rings is 2. The minimum Gasteiger partial charge on any atom is -0.492 e. The summed E-state index contributed by atoms with van der Waals surface area (Å²) in [4.78, 5) is 4.55. The number of nitrogens with one attached hydrogen (secondary N) is 1. The molecule has 1 N–H and O–H groups in total. The molecule has 0 aromatic heterocycles. The van der Waals surface area contributed by atoms with Crippen molar-refractivity contribution in [1.29, 1.82) is 0 Å². The lowest BCUT2D eigenvalue weighted by atomic mass is 10.2. The van der Waals surface area contributed by atoms with Gasteiger partial charge in [-0.1, -0.05) is 23.7 Å². The fourth-order valence-electron chi connectivity index (χ4n) is 2.87. The Morgan fingerprint density at radius 3 is 2.44 bits per heavy atom. The summed E-state index contributed by atoms with van der Waals surface area (Å²) in [5, 5.41) is 4.83. The van der Waals surface area contributed by atoms with Gasteiger partial charge in [0, 0.05) is 36.9 Å². The van der Waals surface area contributed by atoms with Gasteiger partial charge in [0.15, 0.2) is 5.11 Å². The highest BCUT2D eigenvalue weighted by Gasteiger charge is 2.19. The quantitative estimate of drug-likeness (QED) is 0.806. The van der Waals surface area contributed by atoms with E-state index in [1.54, 1.807) is 0 Å². The van der Waals surface area contributed by atoms with Crippen molar-refractivity contribution in [2.45, 2.75) is 6.92 Å². The summed E-state index contributed by atoms with van der Waals surface area (Å²) < 4.78 is 5.65. The molecule has 1 fully saturated rings. The lowest BCUT2D eigenvalue weighted by molar-refractivity contribution is 0.341. The Bertz CT molecular complexity index is 715. The van der Waals surface area contributed by atoms with E-state index in [1.165, 1.54) is 5.69 Å². The number of halogens is 1. The Kier molecular flexibility index (Phi) is 6.00. The van der Waals surface area contributed by atoms with Gasteiger partial charge in [-0.2, -0.15) is 0 Å². The average Bonchev–Trinajstić information content (AvgIpc) is 2.64. The number of nitrogens with zero attached hydrogens (tertiary/aromatic N) is 2. The lowest BCUT2D eigenvalue weighted by Crippen LogP contribution is -2.50. The molecule has 0 atom stereocenters. The maximum atomic E-state index is 5.97. The van der Waals surface area contributed by atoms with Gasteiger partial charge in [0.1, 0.15) is 5.75 Å². The molecule has 0 unspecified atom stereocenters. The Labute approximate surface area is 159 Å². The smallest absolute Gasteiger partial charge is 0.173 e. The normalized spacial score (nSPS) is 14.3. The third-order valence-corrected chi connectivity index (χ3v) is 4.80. The molecule has 2 aromatic carbocycles. The summed E-state index contributed by atoms with van der Waals surface area (Å²) in [5.41, 5.74) is 2.11. The second-order valence-corrected chi connectivity index (χ2v) is 6.63. The van der Waals surface area contributed by atoms with Crippen molar-refractivity contribution in [3.05, 3.63) is 53.6 Å². The lowest BCUT2D eigenvalue weighted by Gasteiger charge is -2.37. The van der Waals surface area contributed by atoms with E-state index in [2.05, 4.69) is 27.2 Å². The molecule has 132 valence electrons. The van der Waals surface area contributed by atoms with Gasteiger partial charge in [0.05, 0.1) is 12.3 Å². The minimum atomic E-state index is 0.630. The Balaban J connectivity index is 1.57. The third-order valence-electron chi connectivity index (χ3n) is 4.19. The highest BCUT2D eigenvalue weighted by Crippen LogP contribution is 2.25. The average molecular weight is 376 g/mol. The minimum absolute atomic E-state index is 0.630. The van der Waals surface area contributed by atoms with Crippen LogP contribution in [0.2, 0.25) is 5.02 Å². The molecular weight excluding hydrogens is 354 g/mol. The molecule has 4 nitrogen and oxygen atoms in total. The van der Waals surface area contributed by atoms with Crippen LogP contribution >= 0.6 is 23.8 Å². The second kappa shape index (κ2) is 8.41. The molecule has 3 rings (SSSR count). The van der Waals surface area contributed by atoms with Crippen LogP contribution in [0.15, 0.2) is 48.5 Å². The summed E-state index contributed by atoms with van der Waals surface area (Å²) >= 11 is 11.6. The van der Waals surface area contributed by atoms with Crippen LogP contribution in [-0.4, -0.2) is 42.8 Å². The Morgan fingerprint density at radius 2 is 1.76 bits per heavy atom. The van der Waals surface area contributed by atoms with E-state index in [9.17, 15) is 0 Å². The molecular formula is C19H22ClN3OS. The van der Waals surface area contributed by atoms with E-state index in [-0.39, 0.29) is 0 Å². The van der Waals surface area contributed by atoms with Crippen LogP contribution in [0.4, 0.5) is 11.4 Å². The van der Waals surface area contributed by atoms with Crippen molar-refractivity contribution >= 4 is 40.3 Å². The van der Waals surface area contributed by atoms with Gasteiger partial charge in [0.25, 0.3) is 0 Å². The van der Waals surface area contributed by atoms with Crippen LogP contribution < -0.4 is 15.0 Å². The third kappa shape index (κ3) is 4.55. The number of hydrogen-bond donors (Lipinski definition) is 1. The van der Waals surface area contributed by atoms with Crippen LogP contribution in [0.25, 0.3) is 0 Å². The summed E-state index contributed by atoms with van der Waals surface area (Å²) in [6, 6.07) is 15.9. The first-order chi connectivity index (χ1) is 12.2. The number of rotatable bonds is 4. The molecule has 0 saturated carbocycles. The van der Waals surface area contributed by atoms with E-state index < -0.39 is 0 Å². The van der Waals surface area contributed by atoms with Crippen LogP contribution in [0, 0.1) is 0 Å². The summed E-state index contributed by atoms with van der Waals surface area (Å²) in [6.45, 7) is 6.22.